The Balaban J connectivity index is 3.52. The summed E-state index contributed by atoms with van der Waals surface area (Å²) in [6, 6.07) is -0.678. The van der Waals surface area contributed by atoms with Crippen molar-refractivity contribution in [2.24, 2.45) is 5.92 Å². The lowest BCUT2D eigenvalue weighted by Crippen LogP contribution is -2.37. The summed E-state index contributed by atoms with van der Waals surface area (Å²) in [5.74, 6) is -1.41. The number of aliphatic carboxylic acids is 1. The predicted octanol–water partition coefficient (Wildman–Crippen LogP) is 1.74. The summed E-state index contributed by atoms with van der Waals surface area (Å²) in [7, 11) is 0. The Kier molecular flexibility index (Phi) is 7.14. The van der Waals surface area contributed by atoms with Crippen LogP contribution in [0.25, 0.3) is 0 Å². The molecule has 0 saturated heterocycles. The monoisotopic (exact) mass is 270 g/mol. The maximum atomic E-state index is 11.7. The number of carbonyl (C=O) groups excluding carboxylic acids is 1. The smallest absolute Gasteiger partial charge is 0.390 e. The van der Waals surface area contributed by atoms with Gasteiger partial charge in [-0.05, 0) is 12.8 Å². The summed E-state index contributed by atoms with van der Waals surface area (Å²) in [5.41, 5.74) is 0. The van der Waals surface area contributed by atoms with Crippen molar-refractivity contribution in [1.29, 1.82) is 0 Å². The zero-order valence-corrected chi connectivity index (χ0v) is 10.0. The van der Waals surface area contributed by atoms with Gasteiger partial charge in [0, 0.05) is 13.1 Å². The van der Waals surface area contributed by atoms with Gasteiger partial charge in [0.2, 0.25) is 0 Å². The number of hydrogen-bond donors (Lipinski definition) is 3. The van der Waals surface area contributed by atoms with Gasteiger partial charge in [-0.2, -0.15) is 13.2 Å². The fourth-order valence-corrected chi connectivity index (χ4v) is 1.11. The molecular formula is C10H17F3N2O3. The molecule has 18 heavy (non-hydrogen) atoms. The van der Waals surface area contributed by atoms with E-state index < -0.39 is 37.1 Å². The van der Waals surface area contributed by atoms with Crippen LogP contribution in [0.4, 0.5) is 18.0 Å². The molecule has 0 aromatic carbocycles. The molecule has 1 atom stereocenters. The average Bonchev–Trinajstić information content (AvgIpc) is 2.22. The number of alkyl halides is 3. The third-order valence-electron chi connectivity index (χ3n) is 2.22. The molecular weight excluding hydrogens is 253 g/mol. The predicted molar refractivity (Wildman–Crippen MR) is 58.1 cm³/mol. The second-order valence-corrected chi connectivity index (χ2v) is 3.93. The first kappa shape index (κ1) is 16.5. The van der Waals surface area contributed by atoms with Gasteiger partial charge in [-0.3, -0.25) is 4.79 Å². The third-order valence-corrected chi connectivity index (χ3v) is 2.22. The number of urea groups is 1. The Labute approximate surface area is 103 Å². The number of amides is 2. The standard InChI is InChI=1S/C10H17F3N2O3/c1-7(8(16)17)3-2-5-14-9(18)15-6-4-10(11,12)13/h7H,2-6H2,1H3,(H,16,17)(H2,14,15,18). The first-order chi connectivity index (χ1) is 8.22. The van der Waals surface area contributed by atoms with Crippen LogP contribution < -0.4 is 10.6 Å². The van der Waals surface area contributed by atoms with Gasteiger partial charge in [-0.25, -0.2) is 4.79 Å². The van der Waals surface area contributed by atoms with E-state index in [1.54, 1.807) is 6.92 Å². The number of hydrogen-bond acceptors (Lipinski definition) is 2. The van der Waals surface area contributed by atoms with Crippen LogP contribution in [0.1, 0.15) is 26.2 Å². The first-order valence-electron chi connectivity index (χ1n) is 5.53. The fourth-order valence-electron chi connectivity index (χ4n) is 1.11. The second kappa shape index (κ2) is 7.78. The molecule has 0 bridgehead atoms. The van der Waals surface area contributed by atoms with Crippen LogP contribution in [0.2, 0.25) is 0 Å². The van der Waals surface area contributed by atoms with Crippen LogP contribution >= 0.6 is 0 Å². The molecule has 0 rings (SSSR count). The third kappa shape index (κ3) is 9.73. The van der Waals surface area contributed by atoms with Crippen LogP contribution in [-0.2, 0) is 4.79 Å². The van der Waals surface area contributed by atoms with Gasteiger partial charge in [0.15, 0.2) is 0 Å². The molecule has 1 unspecified atom stereocenters. The zero-order chi connectivity index (χ0) is 14.2. The molecule has 0 aliphatic heterocycles. The molecule has 0 aliphatic carbocycles. The minimum Gasteiger partial charge on any atom is -0.481 e. The maximum Gasteiger partial charge on any atom is 0.390 e. The molecule has 0 fully saturated rings. The van der Waals surface area contributed by atoms with E-state index >= 15 is 0 Å². The Morgan fingerprint density at radius 3 is 2.28 bits per heavy atom. The van der Waals surface area contributed by atoms with Crippen LogP contribution in [-0.4, -0.2) is 36.4 Å². The van der Waals surface area contributed by atoms with Gasteiger partial charge >= 0.3 is 18.2 Å². The number of carboxylic acid groups (broad SMARTS) is 1. The van der Waals surface area contributed by atoms with Crippen LogP contribution in [0.15, 0.2) is 0 Å². The van der Waals surface area contributed by atoms with Crippen molar-refractivity contribution in [2.45, 2.75) is 32.4 Å². The molecule has 0 saturated carbocycles. The molecule has 0 heterocycles. The quantitative estimate of drug-likeness (QED) is 0.616. The van der Waals surface area contributed by atoms with E-state index in [0.29, 0.717) is 12.8 Å². The number of carboxylic acids is 1. The molecule has 0 aromatic heterocycles. The minimum atomic E-state index is -4.29. The Morgan fingerprint density at radius 2 is 1.78 bits per heavy atom. The molecule has 0 aliphatic rings. The van der Waals surface area contributed by atoms with Crippen molar-refractivity contribution < 1.29 is 27.9 Å². The summed E-state index contributed by atoms with van der Waals surface area (Å²) in [6.07, 6.45) is -4.50. The summed E-state index contributed by atoms with van der Waals surface area (Å²) in [5, 5.41) is 13.0. The molecule has 5 nitrogen and oxygen atoms in total. The number of rotatable bonds is 7. The van der Waals surface area contributed by atoms with Crippen molar-refractivity contribution in [3.8, 4) is 0 Å². The van der Waals surface area contributed by atoms with E-state index in [-0.39, 0.29) is 6.54 Å². The summed E-state index contributed by atoms with van der Waals surface area (Å²) in [4.78, 5) is 21.5. The molecule has 0 radical (unpaired) electrons. The Bertz CT molecular complexity index is 282. The van der Waals surface area contributed by atoms with Crippen molar-refractivity contribution >= 4 is 12.0 Å². The molecule has 3 N–H and O–H groups in total. The van der Waals surface area contributed by atoms with Crippen LogP contribution in [0.3, 0.4) is 0 Å². The van der Waals surface area contributed by atoms with E-state index in [2.05, 4.69) is 10.6 Å². The van der Waals surface area contributed by atoms with Crippen molar-refractivity contribution in [1.82, 2.24) is 10.6 Å². The first-order valence-corrected chi connectivity index (χ1v) is 5.53. The van der Waals surface area contributed by atoms with E-state index in [1.165, 1.54) is 0 Å². The Morgan fingerprint density at radius 1 is 1.22 bits per heavy atom. The lowest BCUT2D eigenvalue weighted by molar-refractivity contribution is -0.141. The fraction of sp³-hybridized carbons (Fsp3) is 0.800. The van der Waals surface area contributed by atoms with E-state index in [9.17, 15) is 22.8 Å². The summed E-state index contributed by atoms with van der Waals surface area (Å²) in [6.45, 7) is 1.31. The largest absolute Gasteiger partial charge is 0.481 e. The molecule has 2 amide bonds. The van der Waals surface area contributed by atoms with Crippen molar-refractivity contribution in [3.05, 3.63) is 0 Å². The van der Waals surface area contributed by atoms with Crippen molar-refractivity contribution in [3.63, 3.8) is 0 Å². The highest BCUT2D eigenvalue weighted by Crippen LogP contribution is 2.17. The lowest BCUT2D eigenvalue weighted by Gasteiger charge is -2.10. The lowest BCUT2D eigenvalue weighted by atomic mass is 10.1. The second-order valence-electron chi connectivity index (χ2n) is 3.93. The normalized spacial score (nSPS) is 12.9. The SMILES string of the molecule is CC(CCCNC(=O)NCCC(F)(F)F)C(=O)O. The average molecular weight is 270 g/mol. The molecule has 8 heteroatoms. The van der Waals surface area contributed by atoms with Gasteiger partial charge < -0.3 is 15.7 Å². The molecule has 0 spiro atoms. The highest BCUT2D eigenvalue weighted by molar-refractivity contribution is 5.73. The number of nitrogens with one attached hydrogen (secondary N) is 2. The van der Waals surface area contributed by atoms with Crippen LogP contribution in [0.5, 0.6) is 0 Å². The highest BCUT2D eigenvalue weighted by atomic mass is 19.4. The highest BCUT2D eigenvalue weighted by Gasteiger charge is 2.26. The van der Waals surface area contributed by atoms with E-state index in [0.717, 1.165) is 0 Å². The van der Waals surface area contributed by atoms with Crippen molar-refractivity contribution in [2.75, 3.05) is 13.1 Å². The summed E-state index contributed by atoms with van der Waals surface area (Å²) < 4.78 is 35.2. The molecule has 0 aromatic rings. The van der Waals surface area contributed by atoms with E-state index in [1.807, 2.05) is 0 Å². The van der Waals surface area contributed by atoms with Gasteiger partial charge in [0.05, 0.1) is 12.3 Å². The topological polar surface area (TPSA) is 78.4 Å². The number of halogens is 3. The van der Waals surface area contributed by atoms with Crippen LogP contribution in [0, 0.1) is 5.92 Å². The molecule has 106 valence electrons. The van der Waals surface area contributed by atoms with Gasteiger partial charge in [0.1, 0.15) is 0 Å². The van der Waals surface area contributed by atoms with Gasteiger partial charge in [-0.1, -0.05) is 6.92 Å². The van der Waals surface area contributed by atoms with Gasteiger partial charge in [0.25, 0.3) is 0 Å². The summed E-state index contributed by atoms with van der Waals surface area (Å²) >= 11 is 0. The van der Waals surface area contributed by atoms with E-state index in [4.69, 9.17) is 5.11 Å². The van der Waals surface area contributed by atoms with Gasteiger partial charge in [-0.15, -0.1) is 0 Å². The maximum absolute atomic E-state index is 11.7. The Hall–Kier alpha value is -1.47. The number of carbonyl (C=O) groups is 2. The zero-order valence-electron chi connectivity index (χ0n) is 10.0. The minimum absolute atomic E-state index is 0.232.